The summed E-state index contributed by atoms with van der Waals surface area (Å²) in [5.74, 6) is -0.206. The first-order valence-corrected chi connectivity index (χ1v) is 7.78. The predicted octanol–water partition coefficient (Wildman–Crippen LogP) is 2.91. The van der Waals surface area contributed by atoms with Crippen LogP contribution in [0.4, 0.5) is 4.39 Å². The number of hydrogen-bond acceptors (Lipinski definition) is 2. The number of carbonyl (C=O) groups is 1. The summed E-state index contributed by atoms with van der Waals surface area (Å²) in [6, 6.07) is 6.22. The van der Waals surface area contributed by atoms with E-state index in [0.29, 0.717) is 12.8 Å². The SMILES string of the molecule is CC(O)CC1CCCCCN1C(=O)Cc1ccc(F)cc1. The van der Waals surface area contributed by atoms with Crippen LogP contribution in [0.1, 0.15) is 44.6 Å². The number of likely N-dealkylation sites (tertiary alicyclic amines) is 1. The predicted molar refractivity (Wildman–Crippen MR) is 80.4 cm³/mol. The van der Waals surface area contributed by atoms with Gasteiger partial charge in [0.2, 0.25) is 5.91 Å². The molecule has 1 fully saturated rings. The van der Waals surface area contributed by atoms with Crippen molar-refractivity contribution in [3.05, 3.63) is 35.6 Å². The normalized spacial score (nSPS) is 20.9. The van der Waals surface area contributed by atoms with Gasteiger partial charge in [-0.15, -0.1) is 0 Å². The largest absolute Gasteiger partial charge is 0.393 e. The second-order valence-corrected chi connectivity index (χ2v) is 5.98. The first kappa shape index (κ1) is 16.0. The van der Waals surface area contributed by atoms with Crippen molar-refractivity contribution in [1.82, 2.24) is 4.90 Å². The lowest BCUT2D eigenvalue weighted by atomic mass is 10.0. The van der Waals surface area contributed by atoms with E-state index in [1.165, 1.54) is 12.1 Å². The summed E-state index contributed by atoms with van der Waals surface area (Å²) in [5, 5.41) is 9.64. The summed E-state index contributed by atoms with van der Waals surface area (Å²) < 4.78 is 12.9. The van der Waals surface area contributed by atoms with Gasteiger partial charge in [0.1, 0.15) is 5.82 Å². The Balaban J connectivity index is 2.04. The maximum absolute atomic E-state index is 12.9. The molecular weight excluding hydrogens is 269 g/mol. The van der Waals surface area contributed by atoms with Crippen molar-refractivity contribution in [3.63, 3.8) is 0 Å². The minimum absolute atomic E-state index is 0.0779. The molecule has 0 aromatic heterocycles. The van der Waals surface area contributed by atoms with E-state index >= 15 is 0 Å². The molecule has 0 saturated carbocycles. The van der Waals surface area contributed by atoms with Crippen LogP contribution >= 0.6 is 0 Å². The highest BCUT2D eigenvalue weighted by atomic mass is 19.1. The number of nitrogens with zero attached hydrogens (tertiary/aromatic N) is 1. The number of aliphatic hydroxyl groups excluding tert-OH is 1. The Bertz CT molecular complexity index is 458. The standard InChI is InChI=1S/C17H24FNO2/c1-13(20)11-16-5-3-2-4-10-19(16)17(21)12-14-6-8-15(18)9-7-14/h6-9,13,16,20H,2-5,10-12H2,1H3. The first-order chi connectivity index (χ1) is 10.1. The average Bonchev–Trinajstić information content (AvgIpc) is 2.66. The highest BCUT2D eigenvalue weighted by Crippen LogP contribution is 2.21. The summed E-state index contributed by atoms with van der Waals surface area (Å²) >= 11 is 0. The van der Waals surface area contributed by atoms with Gasteiger partial charge in [-0.05, 0) is 43.9 Å². The molecule has 1 aromatic rings. The van der Waals surface area contributed by atoms with Crippen molar-refractivity contribution in [3.8, 4) is 0 Å². The highest BCUT2D eigenvalue weighted by Gasteiger charge is 2.26. The average molecular weight is 293 g/mol. The smallest absolute Gasteiger partial charge is 0.227 e. The quantitative estimate of drug-likeness (QED) is 0.927. The molecule has 0 aliphatic carbocycles. The van der Waals surface area contributed by atoms with Crippen LogP contribution in [0.5, 0.6) is 0 Å². The minimum atomic E-state index is -0.394. The fourth-order valence-electron chi connectivity index (χ4n) is 3.02. The Morgan fingerprint density at radius 2 is 2.05 bits per heavy atom. The Labute approximate surface area is 125 Å². The van der Waals surface area contributed by atoms with Crippen LogP contribution in [0, 0.1) is 5.82 Å². The molecule has 1 aliphatic rings. The molecule has 21 heavy (non-hydrogen) atoms. The zero-order chi connectivity index (χ0) is 15.2. The Morgan fingerprint density at radius 3 is 2.71 bits per heavy atom. The molecule has 1 saturated heterocycles. The molecule has 1 N–H and O–H groups in total. The zero-order valence-electron chi connectivity index (χ0n) is 12.6. The van der Waals surface area contributed by atoms with Crippen molar-refractivity contribution in [2.45, 2.75) is 57.6 Å². The number of halogens is 1. The van der Waals surface area contributed by atoms with E-state index in [-0.39, 0.29) is 17.8 Å². The number of carbonyl (C=O) groups excluding carboxylic acids is 1. The third-order valence-electron chi connectivity index (χ3n) is 4.08. The lowest BCUT2D eigenvalue weighted by molar-refractivity contribution is -0.133. The van der Waals surface area contributed by atoms with Gasteiger partial charge < -0.3 is 10.0 Å². The van der Waals surface area contributed by atoms with E-state index in [9.17, 15) is 14.3 Å². The van der Waals surface area contributed by atoms with E-state index in [4.69, 9.17) is 0 Å². The molecule has 4 heteroatoms. The van der Waals surface area contributed by atoms with Crippen LogP contribution in [0.25, 0.3) is 0 Å². The summed E-state index contributed by atoms with van der Waals surface area (Å²) in [6.45, 7) is 2.53. The van der Waals surface area contributed by atoms with Crippen molar-refractivity contribution >= 4 is 5.91 Å². The van der Waals surface area contributed by atoms with Gasteiger partial charge in [0.25, 0.3) is 0 Å². The Hall–Kier alpha value is -1.42. The summed E-state index contributed by atoms with van der Waals surface area (Å²) in [7, 11) is 0. The third-order valence-corrected chi connectivity index (χ3v) is 4.08. The fraction of sp³-hybridized carbons (Fsp3) is 0.588. The topological polar surface area (TPSA) is 40.5 Å². The molecule has 1 amide bonds. The van der Waals surface area contributed by atoms with E-state index < -0.39 is 6.10 Å². The number of benzene rings is 1. The van der Waals surface area contributed by atoms with Crippen molar-refractivity contribution in [2.24, 2.45) is 0 Å². The summed E-state index contributed by atoms with van der Waals surface area (Å²) in [5.41, 5.74) is 0.835. The van der Waals surface area contributed by atoms with Gasteiger partial charge in [0.05, 0.1) is 12.5 Å². The van der Waals surface area contributed by atoms with E-state index in [1.54, 1.807) is 19.1 Å². The molecular formula is C17H24FNO2. The van der Waals surface area contributed by atoms with Crippen LogP contribution < -0.4 is 0 Å². The van der Waals surface area contributed by atoms with Gasteiger partial charge in [0.15, 0.2) is 0 Å². The summed E-state index contributed by atoms with van der Waals surface area (Å²) in [6.07, 6.45) is 4.76. The van der Waals surface area contributed by atoms with Crippen LogP contribution in [-0.2, 0) is 11.2 Å². The van der Waals surface area contributed by atoms with E-state index in [0.717, 1.165) is 37.8 Å². The molecule has 2 rings (SSSR count). The number of rotatable bonds is 4. The highest BCUT2D eigenvalue weighted by molar-refractivity contribution is 5.79. The molecule has 0 radical (unpaired) electrons. The molecule has 0 bridgehead atoms. The molecule has 116 valence electrons. The van der Waals surface area contributed by atoms with Crippen LogP contribution in [0.3, 0.4) is 0 Å². The third kappa shape index (κ3) is 4.81. The number of aliphatic hydroxyl groups is 1. The van der Waals surface area contributed by atoms with Gasteiger partial charge in [-0.3, -0.25) is 4.79 Å². The van der Waals surface area contributed by atoms with Crippen LogP contribution in [0.2, 0.25) is 0 Å². The van der Waals surface area contributed by atoms with Gasteiger partial charge in [-0.2, -0.15) is 0 Å². The van der Waals surface area contributed by atoms with Gasteiger partial charge in [0, 0.05) is 12.6 Å². The molecule has 2 atom stereocenters. The van der Waals surface area contributed by atoms with E-state index in [2.05, 4.69) is 0 Å². The molecule has 1 heterocycles. The minimum Gasteiger partial charge on any atom is -0.393 e. The fourth-order valence-corrected chi connectivity index (χ4v) is 3.02. The van der Waals surface area contributed by atoms with Gasteiger partial charge >= 0.3 is 0 Å². The maximum atomic E-state index is 12.9. The zero-order valence-corrected chi connectivity index (χ0v) is 12.6. The summed E-state index contributed by atoms with van der Waals surface area (Å²) in [4.78, 5) is 14.5. The molecule has 3 nitrogen and oxygen atoms in total. The molecule has 1 aromatic carbocycles. The van der Waals surface area contributed by atoms with Gasteiger partial charge in [-0.1, -0.05) is 25.0 Å². The first-order valence-electron chi connectivity index (χ1n) is 7.78. The van der Waals surface area contributed by atoms with E-state index in [1.807, 2.05) is 4.90 Å². The van der Waals surface area contributed by atoms with Gasteiger partial charge in [-0.25, -0.2) is 4.39 Å². The lowest BCUT2D eigenvalue weighted by Gasteiger charge is -2.31. The van der Waals surface area contributed by atoms with Crippen LogP contribution in [0.15, 0.2) is 24.3 Å². The molecule has 1 aliphatic heterocycles. The van der Waals surface area contributed by atoms with Crippen molar-refractivity contribution < 1.29 is 14.3 Å². The van der Waals surface area contributed by atoms with Crippen molar-refractivity contribution in [1.29, 1.82) is 0 Å². The number of amides is 1. The second-order valence-electron chi connectivity index (χ2n) is 5.98. The maximum Gasteiger partial charge on any atom is 0.227 e. The molecule has 2 unspecified atom stereocenters. The Morgan fingerprint density at radius 1 is 1.33 bits per heavy atom. The second kappa shape index (κ2) is 7.55. The van der Waals surface area contributed by atoms with Crippen molar-refractivity contribution in [2.75, 3.05) is 6.54 Å². The lowest BCUT2D eigenvalue weighted by Crippen LogP contribution is -2.42. The van der Waals surface area contributed by atoms with Crippen LogP contribution in [-0.4, -0.2) is 34.6 Å². The number of hydrogen-bond donors (Lipinski definition) is 1. The Kier molecular flexibility index (Phi) is 5.74. The monoisotopic (exact) mass is 293 g/mol. The molecule has 0 spiro atoms.